The van der Waals surface area contributed by atoms with E-state index in [2.05, 4.69) is 39.8 Å². The summed E-state index contributed by atoms with van der Waals surface area (Å²) in [4.78, 5) is 0. The van der Waals surface area contributed by atoms with Crippen molar-refractivity contribution in [3.05, 3.63) is 58.7 Å². The second-order valence-electron chi connectivity index (χ2n) is 5.34. The SMILES string of the molecule is CC[C@@H](N)c1ccc(Oc2c(C)ccc(C)c2C)cc1. The number of hydrogen-bond donors (Lipinski definition) is 1. The fraction of sp³-hybridized carbons (Fsp3) is 0.333. The van der Waals surface area contributed by atoms with E-state index in [0.717, 1.165) is 29.0 Å². The van der Waals surface area contributed by atoms with Gasteiger partial charge in [-0.1, -0.05) is 31.2 Å². The van der Waals surface area contributed by atoms with E-state index in [9.17, 15) is 0 Å². The van der Waals surface area contributed by atoms with Gasteiger partial charge >= 0.3 is 0 Å². The van der Waals surface area contributed by atoms with Gasteiger partial charge in [-0.05, 0) is 61.6 Å². The Balaban J connectivity index is 2.25. The third kappa shape index (κ3) is 3.02. The molecule has 0 radical (unpaired) electrons. The van der Waals surface area contributed by atoms with Crippen LogP contribution in [0, 0.1) is 20.8 Å². The molecule has 0 saturated carbocycles. The standard InChI is InChI=1S/C18H23NO/c1-5-17(19)15-8-10-16(11-9-15)20-18-13(3)7-6-12(2)14(18)4/h6-11,17H,5,19H2,1-4H3/t17-/m1/s1. The minimum Gasteiger partial charge on any atom is -0.457 e. The largest absolute Gasteiger partial charge is 0.457 e. The molecule has 0 fully saturated rings. The van der Waals surface area contributed by atoms with Gasteiger partial charge in [0.15, 0.2) is 0 Å². The molecule has 2 heteroatoms. The zero-order chi connectivity index (χ0) is 14.7. The van der Waals surface area contributed by atoms with Crippen LogP contribution >= 0.6 is 0 Å². The summed E-state index contributed by atoms with van der Waals surface area (Å²) >= 11 is 0. The Hall–Kier alpha value is -1.80. The van der Waals surface area contributed by atoms with Gasteiger partial charge in [-0.2, -0.15) is 0 Å². The normalized spacial score (nSPS) is 12.2. The van der Waals surface area contributed by atoms with E-state index < -0.39 is 0 Å². The fourth-order valence-corrected chi connectivity index (χ4v) is 2.22. The highest BCUT2D eigenvalue weighted by Gasteiger charge is 2.08. The zero-order valence-electron chi connectivity index (χ0n) is 12.7. The molecule has 0 aromatic heterocycles. The molecule has 0 aliphatic heterocycles. The smallest absolute Gasteiger partial charge is 0.133 e. The third-order valence-corrected chi connectivity index (χ3v) is 3.84. The maximum Gasteiger partial charge on any atom is 0.133 e. The Kier molecular flexibility index (Phi) is 4.46. The van der Waals surface area contributed by atoms with Crippen LogP contribution in [-0.4, -0.2) is 0 Å². The van der Waals surface area contributed by atoms with Crippen molar-refractivity contribution < 1.29 is 4.74 Å². The van der Waals surface area contributed by atoms with E-state index in [1.54, 1.807) is 0 Å². The molecular formula is C18H23NO. The predicted molar refractivity (Wildman–Crippen MR) is 84.4 cm³/mol. The van der Waals surface area contributed by atoms with Crippen molar-refractivity contribution in [1.29, 1.82) is 0 Å². The molecule has 106 valence electrons. The van der Waals surface area contributed by atoms with Crippen LogP contribution in [-0.2, 0) is 0 Å². The van der Waals surface area contributed by atoms with Gasteiger partial charge in [0.05, 0.1) is 0 Å². The van der Waals surface area contributed by atoms with Crippen molar-refractivity contribution in [2.24, 2.45) is 5.73 Å². The highest BCUT2D eigenvalue weighted by molar-refractivity contribution is 5.47. The van der Waals surface area contributed by atoms with Gasteiger partial charge in [-0.3, -0.25) is 0 Å². The fourth-order valence-electron chi connectivity index (χ4n) is 2.22. The first-order valence-corrected chi connectivity index (χ1v) is 7.13. The summed E-state index contributed by atoms with van der Waals surface area (Å²) in [6.45, 7) is 8.36. The van der Waals surface area contributed by atoms with E-state index in [1.165, 1.54) is 11.1 Å². The maximum absolute atomic E-state index is 6.05. The molecule has 0 bridgehead atoms. The van der Waals surface area contributed by atoms with Crippen LogP contribution in [0.1, 0.15) is 41.6 Å². The van der Waals surface area contributed by atoms with Gasteiger partial charge in [-0.25, -0.2) is 0 Å². The Morgan fingerprint density at radius 3 is 2.15 bits per heavy atom. The monoisotopic (exact) mass is 269 g/mol. The van der Waals surface area contributed by atoms with Gasteiger partial charge in [0.25, 0.3) is 0 Å². The molecule has 0 heterocycles. The lowest BCUT2D eigenvalue weighted by molar-refractivity contribution is 0.474. The number of nitrogens with two attached hydrogens (primary N) is 1. The number of ether oxygens (including phenoxy) is 1. The van der Waals surface area contributed by atoms with Crippen LogP contribution in [0.4, 0.5) is 0 Å². The van der Waals surface area contributed by atoms with Crippen molar-refractivity contribution in [3.63, 3.8) is 0 Å². The molecule has 2 nitrogen and oxygen atoms in total. The summed E-state index contributed by atoms with van der Waals surface area (Å²) in [7, 11) is 0. The number of hydrogen-bond acceptors (Lipinski definition) is 2. The van der Waals surface area contributed by atoms with E-state index in [0.29, 0.717) is 0 Å². The van der Waals surface area contributed by atoms with E-state index in [1.807, 2.05) is 24.3 Å². The first-order valence-electron chi connectivity index (χ1n) is 7.13. The maximum atomic E-state index is 6.05. The van der Waals surface area contributed by atoms with Crippen molar-refractivity contribution in [1.82, 2.24) is 0 Å². The topological polar surface area (TPSA) is 35.2 Å². The van der Waals surface area contributed by atoms with Gasteiger partial charge in [0, 0.05) is 6.04 Å². The first-order chi connectivity index (χ1) is 9.52. The first kappa shape index (κ1) is 14.6. The lowest BCUT2D eigenvalue weighted by Crippen LogP contribution is -2.08. The Morgan fingerprint density at radius 1 is 0.950 bits per heavy atom. The van der Waals surface area contributed by atoms with E-state index in [-0.39, 0.29) is 6.04 Å². The summed E-state index contributed by atoms with van der Waals surface area (Å²) in [5.74, 6) is 1.81. The summed E-state index contributed by atoms with van der Waals surface area (Å²) in [5.41, 5.74) is 10.8. The summed E-state index contributed by atoms with van der Waals surface area (Å²) in [5, 5.41) is 0. The Bertz CT molecular complexity index is 587. The van der Waals surface area contributed by atoms with Crippen molar-refractivity contribution in [3.8, 4) is 11.5 Å². The number of aryl methyl sites for hydroxylation is 2. The second-order valence-corrected chi connectivity index (χ2v) is 5.34. The zero-order valence-corrected chi connectivity index (χ0v) is 12.7. The molecule has 2 aromatic rings. The van der Waals surface area contributed by atoms with Crippen molar-refractivity contribution in [2.75, 3.05) is 0 Å². The quantitative estimate of drug-likeness (QED) is 0.864. The van der Waals surface area contributed by atoms with E-state index >= 15 is 0 Å². The number of rotatable bonds is 4. The Morgan fingerprint density at radius 2 is 1.55 bits per heavy atom. The van der Waals surface area contributed by atoms with Crippen molar-refractivity contribution in [2.45, 2.75) is 40.2 Å². The van der Waals surface area contributed by atoms with Crippen LogP contribution in [0.25, 0.3) is 0 Å². The Labute approximate surface area is 121 Å². The highest BCUT2D eigenvalue weighted by Crippen LogP contribution is 2.31. The van der Waals surface area contributed by atoms with Crippen LogP contribution < -0.4 is 10.5 Å². The minimum absolute atomic E-state index is 0.103. The molecule has 0 unspecified atom stereocenters. The molecule has 2 aromatic carbocycles. The average Bonchev–Trinajstić information content (AvgIpc) is 2.47. The molecule has 0 saturated heterocycles. The molecule has 0 spiro atoms. The van der Waals surface area contributed by atoms with Gasteiger partial charge in [0.1, 0.15) is 11.5 Å². The molecule has 0 aliphatic rings. The van der Waals surface area contributed by atoms with E-state index in [4.69, 9.17) is 10.5 Å². The van der Waals surface area contributed by atoms with Crippen LogP contribution in [0.5, 0.6) is 11.5 Å². The van der Waals surface area contributed by atoms with Gasteiger partial charge < -0.3 is 10.5 Å². The molecular weight excluding hydrogens is 246 g/mol. The second kappa shape index (κ2) is 6.10. The number of benzene rings is 2. The summed E-state index contributed by atoms with van der Waals surface area (Å²) in [6, 6.07) is 12.4. The molecule has 1 atom stereocenters. The average molecular weight is 269 g/mol. The third-order valence-electron chi connectivity index (χ3n) is 3.84. The van der Waals surface area contributed by atoms with Crippen LogP contribution in [0.3, 0.4) is 0 Å². The molecule has 2 N–H and O–H groups in total. The minimum atomic E-state index is 0.103. The van der Waals surface area contributed by atoms with Crippen molar-refractivity contribution >= 4 is 0 Å². The summed E-state index contributed by atoms with van der Waals surface area (Å²) < 4.78 is 6.05. The molecule has 20 heavy (non-hydrogen) atoms. The molecule has 0 aliphatic carbocycles. The van der Waals surface area contributed by atoms with Gasteiger partial charge in [-0.15, -0.1) is 0 Å². The van der Waals surface area contributed by atoms with Crippen LogP contribution in [0.2, 0.25) is 0 Å². The molecule has 2 rings (SSSR count). The predicted octanol–water partition coefficient (Wildman–Crippen LogP) is 4.81. The highest BCUT2D eigenvalue weighted by atomic mass is 16.5. The lowest BCUT2D eigenvalue weighted by Gasteiger charge is -2.15. The summed E-state index contributed by atoms with van der Waals surface area (Å²) in [6.07, 6.45) is 0.941. The lowest BCUT2D eigenvalue weighted by atomic mass is 10.0. The molecule has 0 amide bonds. The van der Waals surface area contributed by atoms with Crippen LogP contribution in [0.15, 0.2) is 36.4 Å². The van der Waals surface area contributed by atoms with Gasteiger partial charge in [0.2, 0.25) is 0 Å².